The minimum atomic E-state index is -1.09. The molecule has 0 saturated heterocycles. The van der Waals surface area contributed by atoms with Crippen molar-refractivity contribution >= 4 is 52.4 Å². The van der Waals surface area contributed by atoms with E-state index in [1.54, 1.807) is 30.3 Å². The highest BCUT2D eigenvalue weighted by Gasteiger charge is 2.36. The molecule has 1 aliphatic rings. The summed E-state index contributed by atoms with van der Waals surface area (Å²) in [6, 6.07) is 13.5. The Bertz CT molecular complexity index is 1360. The molecule has 0 fully saturated rings. The van der Waals surface area contributed by atoms with Crippen molar-refractivity contribution in [1.82, 2.24) is 4.90 Å². The Morgan fingerprint density at radius 3 is 2.31 bits per heavy atom. The maximum absolute atomic E-state index is 13.6. The maximum atomic E-state index is 13.6. The number of non-ortho nitro benzene ring substituents is 1. The zero-order chi connectivity index (χ0) is 25.3. The van der Waals surface area contributed by atoms with E-state index in [2.05, 4.69) is 5.32 Å². The highest BCUT2D eigenvalue weighted by Crippen LogP contribution is 2.30. The van der Waals surface area contributed by atoms with E-state index in [4.69, 9.17) is 28.3 Å². The van der Waals surface area contributed by atoms with Crippen LogP contribution in [-0.2, 0) is 17.8 Å². The van der Waals surface area contributed by atoms with Crippen molar-refractivity contribution < 1.29 is 24.4 Å². The van der Waals surface area contributed by atoms with Gasteiger partial charge in [0.05, 0.1) is 31.8 Å². The molecule has 2 amide bonds. The SMILES string of the molecule is O=C(O)c1ccc(CN2C(=O)c3ccc([N+](=O)[O-])cc3NC(=O)C2Cc2ccc(Cl)c(Cl)c2)cc1. The zero-order valence-electron chi connectivity index (χ0n) is 17.9. The molecule has 0 bridgehead atoms. The van der Waals surface area contributed by atoms with Crippen molar-refractivity contribution in [3.05, 3.63) is 103 Å². The van der Waals surface area contributed by atoms with E-state index in [0.29, 0.717) is 21.2 Å². The number of fused-ring (bicyclic) bond motifs is 1. The topological polar surface area (TPSA) is 130 Å². The van der Waals surface area contributed by atoms with E-state index in [1.807, 2.05) is 0 Å². The summed E-state index contributed by atoms with van der Waals surface area (Å²) in [5, 5.41) is 23.6. The van der Waals surface area contributed by atoms with Crippen LogP contribution in [-0.4, -0.2) is 38.8 Å². The van der Waals surface area contributed by atoms with Gasteiger partial charge in [-0.05, 0) is 41.5 Å². The predicted molar refractivity (Wildman–Crippen MR) is 129 cm³/mol. The average Bonchev–Trinajstić information content (AvgIpc) is 2.91. The van der Waals surface area contributed by atoms with Crippen LogP contribution >= 0.6 is 23.2 Å². The molecule has 178 valence electrons. The number of carboxylic acids is 1. The number of halogens is 2. The molecule has 1 unspecified atom stereocenters. The van der Waals surface area contributed by atoms with Gasteiger partial charge in [-0.1, -0.05) is 41.4 Å². The number of anilines is 1. The largest absolute Gasteiger partial charge is 0.478 e. The van der Waals surface area contributed by atoms with Crippen LogP contribution in [0.15, 0.2) is 60.7 Å². The van der Waals surface area contributed by atoms with Gasteiger partial charge < -0.3 is 15.3 Å². The molecule has 3 aromatic carbocycles. The predicted octanol–water partition coefficient (Wildman–Crippen LogP) is 4.81. The van der Waals surface area contributed by atoms with Crippen LogP contribution in [0.2, 0.25) is 10.0 Å². The van der Waals surface area contributed by atoms with Crippen molar-refractivity contribution in [2.24, 2.45) is 0 Å². The molecule has 0 aromatic heterocycles. The third-order valence-corrected chi connectivity index (χ3v) is 6.35. The molecule has 35 heavy (non-hydrogen) atoms. The van der Waals surface area contributed by atoms with E-state index in [-0.39, 0.29) is 35.5 Å². The summed E-state index contributed by atoms with van der Waals surface area (Å²) < 4.78 is 0. The number of nitro benzene ring substituents is 1. The van der Waals surface area contributed by atoms with E-state index in [0.717, 1.165) is 6.07 Å². The van der Waals surface area contributed by atoms with Gasteiger partial charge in [-0.3, -0.25) is 19.7 Å². The summed E-state index contributed by atoms with van der Waals surface area (Å²) in [6.07, 6.45) is 0.0950. The molecule has 1 heterocycles. The number of nitrogens with zero attached hydrogens (tertiary/aromatic N) is 2. The molecular weight excluding hydrogens is 497 g/mol. The number of hydrogen-bond acceptors (Lipinski definition) is 5. The number of carbonyl (C=O) groups is 3. The lowest BCUT2D eigenvalue weighted by molar-refractivity contribution is -0.384. The van der Waals surface area contributed by atoms with Gasteiger partial charge in [-0.15, -0.1) is 0 Å². The van der Waals surface area contributed by atoms with Crippen molar-refractivity contribution in [3.8, 4) is 0 Å². The second kappa shape index (κ2) is 9.73. The van der Waals surface area contributed by atoms with Crippen LogP contribution in [0.4, 0.5) is 11.4 Å². The minimum Gasteiger partial charge on any atom is -0.478 e. The first-order valence-electron chi connectivity index (χ1n) is 10.3. The Morgan fingerprint density at radius 1 is 1.00 bits per heavy atom. The number of carbonyl (C=O) groups excluding carboxylic acids is 2. The number of rotatable bonds is 6. The molecule has 0 aliphatic carbocycles. The number of amides is 2. The zero-order valence-corrected chi connectivity index (χ0v) is 19.4. The van der Waals surface area contributed by atoms with Crippen molar-refractivity contribution in [1.29, 1.82) is 0 Å². The van der Waals surface area contributed by atoms with Gasteiger partial charge in [-0.25, -0.2) is 4.79 Å². The van der Waals surface area contributed by atoms with Gasteiger partial charge in [0.25, 0.3) is 11.6 Å². The fourth-order valence-corrected chi connectivity index (χ4v) is 4.13. The Hall–Kier alpha value is -3.95. The Balaban J connectivity index is 1.75. The lowest BCUT2D eigenvalue weighted by atomic mass is 10.0. The lowest BCUT2D eigenvalue weighted by Crippen LogP contribution is -2.46. The first kappa shape index (κ1) is 24.2. The molecule has 1 aliphatic heterocycles. The fourth-order valence-electron chi connectivity index (χ4n) is 3.81. The molecule has 0 saturated carbocycles. The fraction of sp³-hybridized carbons (Fsp3) is 0.125. The average molecular weight is 514 g/mol. The second-order valence-electron chi connectivity index (χ2n) is 7.88. The summed E-state index contributed by atoms with van der Waals surface area (Å²) in [4.78, 5) is 50.0. The molecule has 9 nitrogen and oxygen atoms in total. The molecule has 3 aromatic rings. The van der Waals surface area contributed by atoms with Crippen molar-refractivity contribution in [3.63, 3.8) is 0 Å². The Morgan fingerprint density at radius 2 is 1.69 bits per heavy atom. The van der Waals surface area contributed by atoms with Crippen LogP contribution in [0.3, 0.4) is 0 Å². The number of nitrogens with one attached hydrogen (secondary N) is 1. The van der Waals surface area contributed by atoms with Crippen LogP contribution < -0.4 is 5.32 Å². The molecule has 0 radical (unpaired) electrons. The van der Waals surface area contributed by atoms with E-state index in [9.17, 15) is 24.5 Å². The molecule has 2 N–H and O–H groups in total. The van der Waals surface area contributed by atoms with Gasteiger partial charge in [0, 0.05) is 25.1 Å². The van der Waals surface area contributed by atoms with Gasteiger partial charge in [0.15, 0.2) is 0 Å². The first-order chi connectivity index (χ1) is 16.6. The number of benzene rings is 3. The number of nitro groups is 1. The summed E-state index contributed by atoms with van der Waals surface area (Å²) in [7, 11) is 0. The van der Waals surface area contributed by atoms with Crippen LogP contribution in [0.25, 0.3) is 0 Å². The third kappa shape index (κ3) is 5.11. The van der Waals surface area contributed by atoms with Gasteiger partial charge in [0.1, 0.15) is 6.04 Å². The third-order valence-electron chi connectivity index (χ3n) is 5.61. The van der Waals surface area contributed by atoms with Crippen molar-refractivity contribution in [2.45, 2.75) is 19.0 Å². The smallest absolute Gasteiger partial charge is 0.335 e. The second-order valence-corrected chi connectivity index (χ2v) is 8.69. The van der Waals surface area contributed by atoms with Gasteiger partial charge >= 0.3 is 5.97 Å². The highest BCUT2D eigenvalue weighted by molar-refractivity contribution is 6.42. The lowest BCUT2D eigenvalue weighted by Gasteiger charge is -2.29. The Kier molecular flexibility index (Phi) is 6.72. The number of aromatic carboxylic acids is 1. The van der Waals surface area contributed by atoms with E-state index >= 15 is 0 Å². The monoisotopic (exact) mass is 513 g/mol. The Labute approximate surface area is 209 Å². The van der Waals surface area contributed by atoms with Crippen LogP contribution in [0.1, 0.15) is 31.8 Å². The number of carboxylic acid groups (broad SMARTS) is 1. The molecular formula is C24H17Cl2N3O6. The first-order valence-corrected chi connectivity index (χ1v) is 11.1. The van der Waals surface area contributed by atoms with E-state index < -0.39 is 28.7 Å². The standard InChI is InChI=1S/C24H17Cl2N3O6/c25-18-8-3-14(9-19(18)26)10-21-22(30)27-20-11-16(29(34)35)6-7-17(20)23(31)28(21)12-13-1-4-15(5-2-13)24(32)33/h1-9,11,21H,10,12H2,(H,27,30)(H,32,33). The highest BCUT2D eigenvalue weighted by atomic mass is 35.5. The van der Waals surface area contributed by atoms with Crippen molar-refractivity contribution in [2.75, 3.05) is 5.32 Å². The van der Waals surface area contributed by atoms with E-state index in [1.165, 1.54) is 29.2 Å². The van der Waals surface area contributed by atoms with Crippen LogP contribution in [0.5, 0.6) is 0 Å². The molecule has 0 spiro atoms. The summed E-state index contributed by atoms with van der Waals surface area (Å²) in [5.41, 5.74) is 1.20. The maximum Gasteiger partial charge on any atom is 0.335 e. The summed E-state index contributed by atoms with van der Waals surface area (Å²) >= 11 is 12.1. The molecule has 1 atom stereocenters. The van der Waals surface area contributed by atoms with Gasteiger partial charge in [0.2, 0.25) is 5.91 Å². The number of hydrogen-bond donors (Lipinski definition) is 2. The molecule has 11 heteroatoms. The van der Waals surface area contributed by atoms with Gasteiger partial charge in [-0.2, -0.15) is 0 Å². The summed E-state index contributed by atoms with van der Waals surface area (Å²) in [5.74, 6) is -2.14. The normalized spacial score (nSPS) is 15.3. The summed E-state index contributed by atoms with van der Waals surface area (Å²) in [6.45, 7) is -0.00539. The minimum absolute atomic E-state index is 0.00539. The van der Waals surface area contributed by atoms with Crippen LogP contribution in [0, 0.1) is 10.1 Å². The quantitative estimate of drug-likeness (QED) is 0.359. The molecule has 4 rings (SSSR count).